The van der Waals surface area contributed by atoms with Crippen LogP contribution in [0.5, 0.6) is 11.5 Å². The van der Waals surface area contributed by atoms with E-state index in [1.165, 1.54) is 19.2 Å². The zero-order chi connectivity index (χ0) is 22.1. The third-order valence-electron chi connectivity index (χ3n) is 5.64. The average molecular weight is 487 g/mol. The summed E-state index contributed by atoms with van der Waals surface area (Å²) in [5.74, 6) is 1.02. The van der Waals surface area contributed by atoms with Crippen molar-refractivity contribution in [2.45, 2.75) is 22.5 Å². The van der Waals surface area contributed by atoms with E-state index in [0.29, 0.717) is 35.6 Å². The maximum atomic E-state index is 12.6. The Hall–Kier alpha value is -1.85. The summed E-state index contributed by atoms with van der Waals surface area (Å²) in [6.45, 7) is 1.44. The van der Waals surface area contributed by atoms with Crippen LogP contribution in [-0.4, -0.2) is 58.8 Å². The third kappa shape index (κ3) is 4.68. The number of carbonyl (C=O) groups excluding carboxylic acids is 1. The number of ether oxygens (including phenoxy) is 3. The Balaban J connectivity index is 1.44. The van der Waals surface area contributed by atoms with Gasteiger partial charge in [-0.05, 0) is 42.7 Å². The smallest absolute Gasteiger partial charge is 0.252 e. The van der Waals surface area contributed by atoms with Crippen molar-refractivity contribution in [2.75, 3.05) is 40.1 Å². The molecule has 2 aromatic rings. The molecule has 31 heavy (non-hydrogen) atoms. The number of fused-ring (bicyclic) bond motifs is 1. The molecule has 0 spiro atoms. The second-order valence-corrected chi connectivity index (χ2v) is 11.5. The van der Waals surface area contributed by atoms with Gasteiger partial charge in [-0.3, -0.25) is 4.79 Å². The molecule has 168 valence electrons. The van der Waals surface area contributed by atoms with Crippen molar-refractivity contribution in [1.29, 1.82) is 0 Å². The van der Waals surface area contributed by atoms with E-state index >= 15 is 0 Å². The Labute approximate surface area is 190 Å². The lowest BCUT2D eigenvalue weighted by atomic mass is 9.74. The molecule has 1 aromatic carbocycles. The topological polar surface area (TPSA) is 94.2 Å². The fourth-order valence-electron chi connectivity index (χ4n) is 3.76. The molecule has 3 heterocycles. The largest absolute Gasteiger partial charge is 0.454 e. The molecule has 11 heteroatoms. The minimum atomic E-state index is -3.77. The van der Waals surface area contributed by atoms with Crippen molar-refractivity contribution in [1.82, 2.24) is 9.62 Å². The highest BCUT2D eigenvalue weighted by Crippen LogP contribution is 2.40. The maximum absolute atomic E-state index is 12.6. The standard InChI is InChI=1S/C20H23ClN2O6S2/c1-23(31(25,26)19-5-4-17(21)30-19)11-18(24)22-12-20(6-8-27-9-7-20)14-2-3-15-16(10-14)29-13-28-15/h2-5,10H,6-9,11-13H2,1H3,(H,22,24). The van der Waals surface area contributed by atoms with Crippen molar-refractivity contribution in [3.8, 4) is 11.5 Å². The first kappa shape index (κ1) is 22.3. The first-order valence-electron chi connectivity index (χ1n) is 9.76. The molecule has 0 bridgehead atoms. The zero-order valence-electron chi connectivity index (χ0n) is 16.9. The lowest BCUT2D eigenvalue weighted by Gasteiger charge is -2.38. The monoisotopic (exact) mass is 486 g/mol. The third-order valence-corrected chi connectivity index (χ3v) is 9.14. The number of halogens is 1. The zero-order valence-corrected chi connectivity index (χ0v) is 19.3. The minimum Gasteiger partial charge on any atom is -0.454 e. The second kappa shape index (κ2) is 8.95. The second-order valence-electron chi connectivity index (χ2n) is 7.56. The number of likely N-dealkylation sites (N-methyl/N-ethyl adjacent to an activating group) is 1. The van der Waals surface area contributed by atoms with Crippen LogP contribution < -0.4 is 14.8 Å². The van der Waals surface area contributed by atoms with Gasteiger partial charge in [0.05, 0.1) is 10.9 Å². The van der Waals surface area contributed by atoms with Crippen molar-refractivity contribution in [3.05, 3.63) is 40.2 Å². The predicted octanol–water partition coefficient (Wildman–Crippen LogP) is 2.62. The van der Waals surface area contributed by atoms with Crippen LogP contribution in [-0.2, 0) is 25.0 Å². The van der Waals surface area contributed by atoms with Crippen LogP contribution in [0.4, 0.5) is 0 Å². The molecule has 1 saturated heterocycles. The molecule has 0 aliphatic carbocycles. The van der Waals surface area contributed by atoms with E-state index in [1.54, 1.807) is 0 Å². The molecule has 0 radical (unpaired) electrons. The SMILES string of the molecule is CN(CC(=O)NCC1(c2ccc3c(c2)OCO3)CCOCC1)S(=O)(=O)c1ccc(Cl)s1. The summed E-state index contributed by atoms with van der Waals surface area (Å²) in [4.78, 5) is 12.6. The molecule has 0 saturated carbocycles. The number of sulfonamides is 1. The van der Waals surface area contributed by atoms with E-state index in [0.717, 1.165) is 34.0 Å². The normalized spacial score (nSPS) is 17.6. The average Bonchev–Trinajstić information content (AvgIpc) is 3.41. The summed E-state index contributed by atoms with van der Waals surface area (Å²) in [7, 11) is -2.39. The molecule has 0 unspecified atom stereocenters. The van der Waals surface area contributed by atoms with Gasteiger partial charge in [-0.1, -0.05) is 17.7 Å². The van der Waals surface area contributed by atoms with Gasteiger partial charge in [0.25, 0.3) is 10.0 Å². The number of amides is 1. The van der Waals surface area contributed by atoms with Crippen LogP contribution in [0, 0.1) is 0 Å². The number of nitrogens with one attached hydrogen (secondary N) is 1. The fourth-order valence-corrected chi connectivity index (χ4v) is 6.58. The van der Waals surface area contributed by atoms with E-state index in [9.17, 15) is 13.2 Å². The highest BCUT2D eigenvalue weighted by atomic mass is 35.5. The summed E-state index contributed by atoms with van der Waals surface area (Å²) >= 11 is 6.81. The van der Waals surface area contributed by atoms with E-state index in [4.69, 9.17) is 25.8 Å². The molecule has 1 aromatic heterocycles. The van der Waals surface area contributed by atoms with Gasteiger partial charge in [0.2, 0.25) is 12.7 Å². The van der Waals surface area contributed by atoms with E-state index in [2.05, 4.69) is 5.32 Å². The number of hydrogen-bond acceptors (Lipinski definition) is 7. The summed E-state index contributed by atoms with van der Waals surface area (Å²) < 4.78 is 43.2. The van der Waals surface area contributed by atoms with Crippen molar-refractivity contribution >= 4 is 38.9 Å². The first-order chi connectivity index (χ1) is 14.8. The first-order valence-corrected chi connectivity index (χ1v) is 12.4. The Kier molecular flexibility index (Phi) is 6.45. The maximum Gasteiger partial charge on any atom is 0.252 e. The molecule has 1 fully saturated rings. The molecular weight excluding hydrogens is 464 g/mol. The number of carbonyl (C=O) groups is 1. The Morgan fingerprint density at radius 1 is 1.19 bits per heavy atom. The Morgan fingerprint density at radius 2 is 1.94 bits per heavy atom. The lowest BCUT2D eigenvalue weighted by Crippen LogP contribution is -2.47. The lowest BCUT2D eigenvalue weighted by molar-refractivity contribution is -0.121. The number of benzene rings is 1. The van der Waals surface area contributed by atoms with Gasteiger partial charge in [0.15, 0.2) is 11.5 Å². The van der Waals surface area contributed by atoms with Crippen molar-refractivity contribution in [3.63, 3.8) is 0 Å². The van der Waals surface area contributed by atoms with Crippen LogP contribution in [0.3, 0.4) is 0 Å². The van der Waals surface area contributed by atoms with Crippen LogP contribution >= 0.6 is 22.9 Å². The summed E-state index contributed by atoms with van der Waals surface area (Å²) in [5.41, 5.74) is 0.711. The molecule has 2 aliphatic heterocycles. The summed E-state index contributed by atoms with van der Waals surface area (Å²) in [6, 6.07) is 8.78. The molecule has 4 rings (SSSR count). The van der Waals surface area contributed by atoms with Gasteiger partial charge in [-0.2, -0.15) is 4.31 Å². The van der Waals surface area contributed by atoms with E-state index < -0.39 is 10.0 Å². The highest BCUT2D eigenvalue weighted by Gasteiger charge is 2.36. The van der Waals surface area contributed by atoms with Crippen LogP contribution in [0.25, 0.3) is 0 Å². The van der Waals surface area contributed by atoms with E-state index in [1.807, 2.05) is 18.2 Å². The molecule has 8 nitrogen and oxygen atoms in total. The number of nitrogens with zero attached hydrogens (tertiary/aromatic N) is 1. The summed E-state index contributed by atoms with van der Waals surface area (Å²) in [5, 5.41) is 2.92. The summed E-state index contributed by atoms with van der Waals surface area (Å²) in [6.07, 6.45) is 1.46. The molecule has 0 atom stereocenters. The molecule has 1 N–H and O–H groups in total. The van der Waals surface area contributed by atoms with Gasteiger partial charge < -0.3 is 19.5 Å². The predicted molar refractivity (Wildman–Crippen MR) is 116 cm³/mol. The van der Waals surface area contributed by atoms with Gasteiger partial charge in [0.1, 0.15) is 4.21 Å². The number of rotatable bonds is 7. The van der Waals surface area contributed by atoms with Crippen LogP contribution in [0.15, 0.2) is 34.5 Å². The minimum absolute atomic E-state index is 0.106. The number of hydrogen-bond donors (Lipinski definition) is 1. The number of thiophene rings is 1. The fraction of sp³-hybridized carbons (Fsp3) is 0.450. The van der Waals surface area contributed by atoms with Crippen molar-refractivity contribution < 1.29 is 27.4 Å². The van der Waals surface area contributed by atoms with Gasteiger partial charge in [-0.15, -0.1) is 11.3 Å². The van der Waals surface area contributed by atoms with Gasteiger partial charge >= 0.3 is 0 Å². The Morgan fingerprint density at radius 3 is 2.65 bits per heavy atom. The molecular formula is C20H23ClN2O6S2. The van der Waals surface area contributed by atoms with E-state index in [-0.39, 0.29) is 28.9 Å². The highest BCUT2D eigenvalue weighted by molar-refractivity contribution is 7.91. The van der Waals surface area contributed by atoms with Crippen molar-refractivity contribution in [2.24, 2.45) is 0 Å². The van der Waals surface area contributed by atoms with Crippen LogP contribution in [0.1, 0.15) is 18.4 Å². The molecule has 2 aliphatic rings. The van der Waals surface area contributed by atoms with Gasteiger partial charge in [-0.25, -0.2) is 8.42 Å². The Bertz CT molecular complexity index is 1070. The van der Waals surface area contributed by atoms with Gasteiger partial charge in [0, 0.05) is 32.2 Å². The van der Waals surface area contributed by atoms with Crippen LogP contribution in [0.2, 0.25) is 4.34 Å². The quantitative estimate of drug-likeness (QED) is 0.646. The molecule has 1 amide bonds.